The molecule has 0 aliphatic heterocycles. The maximum Gasteiger partial charge on any atom is 0.200 e. The molecule has 15 heteroatoms. The predicted molar refractivity (Wildman–Crippen MR) is 198 cm³/mol. The maximum atomic E-state index is 15.6. The Hall–Kier alpha value is -6.51. The van der Waals surface area contributed by atoms with E-state index in [1.165, 1.54) is 36.4 Å². The van der Waals surface area contributed by atoms with Crippen LogP contribution in [0.3, 0.4) is 0 Å². The summed E-state index contributed by atoms with van der Waals surface area (Å²) >= 11 is 0. The molecule has 0 radical (unpaired) electrons. The van der Waals surface area contributed by atoms with Gasteiger partial charge in [-0.3, -0.25) is 0 Å². The first-order chi connectivity index (χ1) is 30.1. The largest absolute Gasteiger partial charge is 0.203 e. The van der Waals surface area contributed by atoms with Crippen LogP contribution in [0.15, 0.2) is 72.8 Å². The Bertz CT molecular complexity index is 2750. The van der Waals surface area contributed by atoms with Gasteiger partial charge in [0.05, 0.1) is 0 Å². The van der Waals surface area contributed by atoms with Crippen molar-refractivity contribution in [3.63, 3.8) is 0 Å². The van der Waals surface area contributed by atoms with Gasteiger partial charge in [-0.2, -0.15) is 0 Å². The molecule has 7 aromatic rings. The van der Waals surface area contributed by atoms with Crippen LogP contribution < -0.4 is 0 Å². The van der Waals surface area contributed by atoms with E-state index in [1.807, 2.05) is 0 Å². The van der Waals surface area contributed by atoms with Crippen LogP contribution in [0.1, 0.15) is 67.8 Å². The van der Waals surface area contributed by atoms with Crippen molar-refractivity contribution in [2.24, 2.45) is 0 Å². The van der Waals surface area contributed by atoms with E-state index in [0.29, 0.717) is 0 Å². The summed E-state index contributed by atoms with van der Waals surface area (Å²) in [5.41, 5.74) is -1.10. The minimum atomic E-state index is -2.42. The molecule has 0 aromatic heterocycles. The van der Waals surface area contributed by atoms with Gasteiger partial charge < -0.3 is 0 Å². The summed E-state index contributed by atoms with van der Waals surface area (Å²) in [6.07, 6.45) is -2.75. The van der Waals surface area contributed by atoms with E-state index < -0.39 is 141 Å². The molecule has 0 saturated heterocycles. The Morgan fingerprint density at radius 1 is 0.254 bits per heavy atom. The highest BCUT2D eigenvalue weighted by atomic mass is 19.2. The third-order valence-corrected chi connectivity index (χ3v) is 12.6. The summed E-state index contributed by atoms with van der Waals surface area (Å²) < 4.78 is 226. The van der Waals surface area contributed by atoms with Crippen LogP contribution in [0.4, 0.5) is 65.9 Å². The summed E-state index contributed by atoms with van der Waals surface area (Å²) in [5, 5.41) is 0. The van der Waals surface area contributed by atoms with Crippen molar-refractivity contribution in [3.8, 4) is 33.4 Å². The van der Waals surface area contributed by atoms with Gasteiger partial charge in [0.1, 0.15) is 0 Å². The lowest BCUT2D eigenvalue weighted by atomic mass is 9.77. The fourth-order valence-electron chi connectivity index (χ4n) is 10.0. The van der Waals surface area contributed by atoms with Crippen LogP contribution in [-0.4, -0.2) is 0 Å². The van der Waals surface area contributed by atoms with E-state index in [2.05, 4.69) is 0 Å². The quantitative estimate of drug-likeness (QED) is 0.0887. The van der Waals surface area contributed by atoms with Crippen LogP contribution in [0.2, 0.25) is 0 Å². The highest BCUT2D eigenvalue weighted by Gasteiger charge is 2.48. The van der Waals surface area contributed by atoms with Crippen LogP contribution in [-0.2, 0) is 19.3 Å². The van der Waals surface area contributed by atoms with Crippen molar-refractivity contribution in [1.82, 2.24) is 0 Å². The van der Waals surface area contributed by atoms with Gasteiger partial charge in [0.15, 0.2) is 69.8 Å². The summed E-state index contributed by atoms with van der Waals surface area (Å²) in [4.78, 5) is 0. The molecule has 0 N–H and O–H groups in total. The van der Waals surface area contributed by atoms with Crippen molar-refractivity contribution in [2.75, 3.05) is 0 Å². The van der Waals surface area contributed by atoms with Crippen molar-refractivity contribution < 1.29 is 65.9 Å². The molecule has 0 amide bonds. The highest BCUT2D eigenvalue weighted by Crippen LogP contribution is 2.65. The Morgan fingerprint density at radius 3 is 0.667 bits per heavy atom. The lowest BCUT2D eigenvalue weighted by Gasteiger charge is -2.25. The molecule has 63 heavy (non-hydrogen) atoms. The molecule has 0 unspecified atom stereocenters. The van der Waals surface area contributed by atoms with Crippen molar-refractivity contribution in [1.29, 1.82) is 0 Å². The summed E-state index contributed by atoms with van der Waals surface area (Å²) in [7, 11) is 0. The highest BCUT2D eigenvalue weighted by molar-refractivity contribution is 6.03. The molecule has 0 heterocycles. The average Bonchev–Trinajstić information content (AvgIpc) is 3.91. The molecule has 3 aliphatic carbocycles. The van der Waals surface area contributed by atoms with Gasteiger partial charge in [0.25, 0.3) is 0 Å². The van der Waals surface area contributed by atoms with Crippen LogP contribution >= 0.6 is 0 Å². The Morgan fingerprint density at radius 2 is 0.444 bits per heavy atom. The molecule has 3 aliphatic rings. The lowest BCUT2D eigenvalue weighted by molar-refractivity contribution is 0.368. The van der Waals surface area contributed by atoms with Crippen molar-refractivity contribution in [3.05, 3.63) is 210 Å². The standard InChI is InChI=1S/C48H21F15/c49-34-25(35(50)41(56)46(61)40(34)55)13-22-16-7-1-4-10-19(16)28-31(22)29-20-11-5-2-8-17(20)24(15-27-38(53)44(59)48(63)45(60)39(27)54)33(29)30-21-12-6-3-9-18(21)23(32(28)30)14-26-36(51)42(57)47(62)43(58)37(26)52/h1-12,22-24H,13-15H2/t22-,23-,24-/m1/s1. The average molecular weight is 883 g/mol. The Kier molecular flexibility index (Phi) is 9.18. The minimum absolute atomic E-state index is 0.122. The van der Waals surface area contributed by atoms with Gasteiger partial charge in [-0.15, -0.1) is 0 Å². The molecule has 0 fully saturated rings. The van der Waals surface area contributed by atoms with Gasteiger partial charge in [-0.25, -0.2) is 65.9 Å². The number of hydrogen-bond donors (Lipinski definition) is 0. The van der Waals surface area contributed by atoms with E-state index in [9.17, 15) is 39.5 Å². The van der Waals surface area contributed by atoms with Gasteiger partial charge in [-0.05, 0) is 86.0 Å². The zero-order valence-electron chi connectivity index (χ0n) is 31.5. The second-order valence-corrected chi connectivity index (χ2v) is 15.5. The summed E-state index contributed by atoms with van der Waals surface area (Å²) in [6, 6.07) is 18.3. The van der Waals surface area contributed by atoms with Crippen LogP contribution in [0.25, 0.3) is 33.4 Å². The summed E-state index contributed by atoms with van der Waals surface area (Å²) in [5.74, 6) is -37.5. The van der Waals surface area contributed by atoms with Crippen molar-refractivity contribution >= 4 is 0 Å². The molecule has 0 bridgehead atoms. The van der Waals surface area contributed by atoms with E-state index in [1.54, 1.807) is 36.4 Å². The molecule has 0 nitrogen and oxygen atoms in total. The third-order valence-electron chi connectivity index (χ3n) is 12.6. The molecular formula is C48H21F15. The summed E-state index contributed by atoms with van der Waals surface area (Å²) in [6.45, 7) is 0. The van der Waals surface area contributed by atoms with E-state index in [4.69, 9.17) is 0 Å². The third kappa shape index (κ3) is 5.46. The normalized spacial score (nSPS) is 16.5. The minimum Gasteiger partial charge on any atom is -0.203 e. The van der Waals surface area contributed by atoms with Gasteiger partial charge in [0.2, 0.25) is 17.5 Å². The molecule has 318 valence electrons. The topological polar surface area (TPSA) is 0 Å². The Labute approximate surface area is 345 Å². The van der Waals surface area contributed by atoms with E-state index in [0.717, 1.165) is 0 Å². The van der Waals surface area contributed by atoms with Crippen molar-refractivity contribution in [2.45, 2.75) is 37.0 Å². The number of benzene rings is 7. The predicted octanol–water partition coefficient (Wildman–Crippen LogP) is 13.8. The zero-order valence-corrected chi connectivity index (χ0v) is 31.5. The molecular weight excluding hydrogens is 861 g/mol. The fourth-order valence-corrected chi connectivity index (χ4v) is 10.0. The second kappa shape index (κ2) is 14.3. The molecule has 3 atom stereocenters. The van der Waals surface area contributed by atoms with E-state index in [-0.39, 0.29) is 66.8 Å². The monoisotopic (exact) mass is 882 g/mol. The fraction of sp³-hybridized carbons (Fsp3) is 0.125. The van der Waals surface area contributed by atoms with Gasteiger partial charge in [-0.1, -0.05) is 72.8 Å². The zero-order chi connectivity index (χ0) is 44.7. The number of rotatable bonds is 6. The number of hydrogen-bond acceptors (Lipinski definition) is 0. The first-order valence-electron chi connectivity index (χ1n) is 19.1. The van der Waals surface area contributed by atoms with Crippen LogP contribution in [0, 0.1) is 87.3 Å². The smallest absolute Gasteiger partial charge is 0.200 e. The first-order valence-corrected chi connectivity index (χ1v) is 19.1. The number of halogens is 15. The molecule has 0 spiro atoms. The molecule has 10 rings (SSSR count). The maximum absolute atomic E-state index is 15.6. The lowest BCUT2D eigenvalue weighted by Crippen LogP contribution is -2.14. The Balaban J connectivity index is 1.34. The van der Waals surface area contributed by atoms with Gasteiger partial charge in [0, 0.05) is 34.4 Å². The van der Waals surface area contributed by atoms with Gasteiger partial charge >= 0.3 is 0 Å². The number of fused-ring (bicyclic) bond motifs is 12. The SMILES string of the molecule is Fc1c(F)c(F)c(C[C@@H]2c3ccccc3-c3c2c2c(c4c3[C@H](Cc3c(F)c(F)c(F)c(F)c3F)c3ccccc3-4)[C@H](Cc3c(F)c(F)c(F)c(F)c3F)c3ccccc3-2)c(F)c1F. The second-order valence-electron chi connectivity index (χ2n) is 15.5. The van der Waals surface area contributed by atoms with Crippen LogP contribution in [0.5, 0.6) is 0 Å². The first kappa shape index (κ1) is 40.6. The molecule has 0 saturated carbocycles. The van der Waals surface area contributed by atoms with E-state index >= 15 is 26.3 Å². The molecule has 7 aromatic carbocycles.